The molecule has 0 spiro atoms. The van der Waals surface area contributed by atoms with Gasteiger partial charge in [-0.2, -0.15) is 5.26 Å². The lowest BCUT2D eigenvalue weighted by molar-refractivity contribution is -0.141. The molecule has 0 radical (unpaired) electrons. The molecule has 0 fully saturated rings. The molecule has 2 amide bonds. The van der Waals surface area contributed by atoms with Gasteiger partial charge in [0.05, 0.1) is 11.1 Å². The first-order chi connectivity index (χ1) is 14.2. The van der Waals surface area contributed by atoms with Crippen molar-refractivity contribution in [2.75, 3.05) is 6.73 Å². The van der Waals surface area contributed by atoms with E-state index >= 15 is 0 Å². The van der Waals surface area contributed by atoms with Gasteiger partial charge >= 0.3 is 5.97 Å². The van der Waals surface area contributed by atoms with Crippen LogP contribution in [0.5, 0.6) is 0 Å². The highest BCUT2D eigenvalue weighted by Crippen LogP contribution is 2.23. The van der Waals surface area contributed by atoms with Crippen LogP contribution in [0.4, 0.5) is 0 Å². The number of fused-ring (bicyclic) bond motifs is 1. The van der Waals surface area contributed by atoms with Crippen molar-refractivity contribution in [2.45, 2.75) is 34.2 Å². The molecule has 30 heavy (non-hydrogen) atoms. The number of hydrogen-bond donors (Lipinski definition) is 0. The molecular formula is C23H23N3O4. The summed E-state index contributed by atoms with van der Waals surface area (Å²) < 4.78 is 7.25. The maximum Gasteiger partial charge on any atom is 0.350 e. The lowest BCUT2D eigenvalue weighted by Crippen LogP contribution is -2.33. The van der Waals surface area contributed by atoms with E-state index in [0.717, 1.165) is 28.4 Å². The monoisotopic (exact) mass is 405 g/mol. The van der Waals surface area contributed by atoms with Crippen molar-refractivity contribution >= 4 is 23.9 Å². The Hall–Kier alpha value is -3.66. The van der Waals surface area contributed by atoms with Crippen LogP contribution < -0.4 is 0 Å². The van der Waals surface area contributed by atoms with E-state index in [1.807, 2.05) is 26.0 Å². The summed E-state index contributed by atoms with van der Waals surface area (Å²) in [6.07, 6.45) is 1.48. The van der Waals surface area contributed by atoms with Crippen molar-refractivity contribution in [3.8, 4) is 6.07 Å². The Labute approximate surface area is 175 Å². The Morgan fingerprint density at radius 2 is 1.77 bits per heavy atom. The van der Waals surface area contributed by atoms with E-state index < -0.39 is 24.5 Å². The SMILES string of the molecule is Cc1cc(C=C(C#N)C(=O)OCN2C(=O)c3ccccc3C2=O)c(C)n1CC(C)C. The fourth-order valence-corrected chi connectivity index (χ4v) is 3.47. The topological polar surface area (TPSA) is 92.4 Å². The Kier molecular flexibility index (Phi) is 5.88. The molecule has 1 aromatic carbocycles. The number of rotatable bonds is 6. The van der Waals surface area contributed by atoms with Crippen molar-refractivity contribution in [1.82, 2.24) is 9.47 Å². The third-order valence-electron chi connectivity index (χ3n) is 5.00. The first-order valence-electron chi connectivity index (χ1n) is 9.65. The van der Waals surface area contributed by atoms with Crippen molar-refractivity contribution in [2.24, 2.45) is 5.92 Å². The van der Waals surface area contributed by atoms with Crippen LogP contribution in [0.15, 0.2) is 35.9 Å². The van der Waals surface area contributed by atoms with Crippen molar-refractivity contribution in [3.63, 3.8) is 0 Å². The molecule has 1 aliphatic rings. The van der Waals surface area contributed by atoms with E-state index in [4.69, 9.17) is 4.74 Å². The predicted molar refractivity (Wildman–Crippen MR) is 110 cm³/mol. The zero-order valence-corrected chi connectivity index (χ0v) is 17.4. The largest absolute Gasteiger partial charge is 0.440 e. The maximum atomic E-state index is 12.4. The molecule has 2 aromatic rings. The number of carbonyl (C=O) groups excluding carboxylic acids is 3. The van der Waals surface area contributed by atoms with Crippen LogP contribution in [-0.2, 0) is 16.1 Å². The van der Waals surface area contributed by atoms with E-state index in [2.05, 4.69) is 18.4 Å². The molecule has 7 nitrogen and oxygen atoms in total. The third kappa shape index (κ3) is 3.90. The van der Waals surface area contributed by atoms with Gasteiger partial charge in [-0.1, -0.05) is 26.0 Å². The summed E-state index contributed by atoms with van der Waals surface area (Å²) in [4.78, 5) is 38.0. The number of imide groups is 1. The molecule has 1 aliphatic heterocycles. The standard InChI is InChI=1S/C23H23N3O4/c1-14(2)12-25-15(3)9-17(16(25)4)10-18(11-24)23(29)30-13-26-21(27)19-7-5-6-8-20(19)22(26)28/h5-10,14H,12-13H2,1-4H3. The van der Waals surface area contributed by atoms with E-state index in [9.17, 15) is 19.6 Å². The zero-order valence-electron chi connectivity index (χ0n) is 17.4. The molecule has 7 heteroatoms. The number of benzene rings is 1. The van der Waals surface area contributed by atoms with Gasteiger partial charge in [-0.05, 0) is 49.6 Å². The third-order valence-corrected chi connectivity index (χ3v) is 5.00. The number of nitriles is 1. The minimum atomic E-state index is -0.886. The van der Waals surface area contributed by atoms with Gasteiger partial charge in [0.25, 0.3) is 11.8 Å². The van der Waals surface area contributed by atoms with Crippen LogP contribution in [-0.4, -0.2) is 34.0 Å². The molecular weight excluding hydrogens is 382 g/mol. The molecule has 0 N–H and O–H groups in total. The first-order valence-corrected chi connectivity index (χ1v) is 9.65. The fourth-order valence-electron chi connectivity index (χ4n) is 3.47. The molecule has 3 rings (SSSR count). The second-order valence-electron chi connectivity index (χ2n) is 7.65. The molecule has 0 saturated carbocycles. The fraction of sp³-hybridized carbons (Fsp3) is 0.304. The Morgan fingerprint density at radius 1 is 1.17 bits per heavy atom. The summed E-state index contributed by atoms with van der Waals surface area (Å²) in [6, 6.07) is 10.2. The highest BCUT2D eigenvalue weighted by molar-refractivity contribution is 6.21. The second kappa shape index (κ2) is 8.37. The van der Waals surface area contributed by atoms with E-state index in [1.54, 1.807) is 24.3 Å². The average Bonchev–Trinajstić information content (AvgIpc) is 3.12. The predicted octanol–water partition coefficient (Wildman–Crippen LogP) is 3.46. The summed E-state index contributed by atoms with van der Waals surface area (Å²) in [5, 5.41) is 9.43. The molecule has 2 heterocycles. The molecule has 0 unspecified atom stereocenters. The van der Waals surface area contributed by atoms with E-state index in [1.165, 1.54) is 6.08 Å². The minimum Gasteiger partial charge on any atom is -0.440 e. The number of amides is 2. The van der Waals surface area contributed by atoms with Crippen LogP contribution in [0, 0.1) is 31.1 Å². The number of aromatic nitrogens is 1. The number of nitrogens with zero attached hydrogens (tertiary/aromatic N) is 3. The number of carbonyl (C=O) groups is 3. The van der Waals surface area contributed by atoms with Crippen LogP contribution in [0.3, 0.4) is 0 Å². The molecule has 0 atom stereocenters. The molecule has 0 saturated heterocycles. The van der Waals surface area contributed by atoms with Crippen LogP contribution in [0.1, 0.15) is 51.5 Å². The summed E-state index contributed by atoms with van der Waals surface area (Å²) in [5.74, 6) is -1.49. The molecule has 0 aliphatic carbocycles. The van der Waals surface area contributed by atoms with Crippen molar-refractivity contribution < 1.29 is 19.1 Å². The summed E-state index contributed by atoms with van der Waals surface area (Å²) in [6.45, 7) is 8.42. The van der Waals surface area contributed by atoms with Gasteiger partial charge in [0, 0.05) is 17.9 Å². The highest BCUT2D eigenvalue weighted by Gasteiger charge is 2.36. The smallest absolute Gasteiger partial charge is 0.350 e. The zero-order chi connectivity index (χ0) is 22.0. The number of aryl methyl sites for hydroxylation is 1. The van der Waals surface area contributed by atoms with Gasteiger partial charge in [0.15, 0.2) is 6.73 Å². The highest BCUT2D eigenvalue weighted by atomic mass is 16.5. The number of hydrogen-bond acceptors (Lipinski definition) is 5. The van der Waals surface area contributed by atoms with E-state index in [-0.39, 0.29) is 16.7 Å². The molecule has 1 aromatic heterocycles. The first kappa shape index (κ1) is 21.1. The summed E-state index contributed by atoms with van der Waals surface area (Å²) >= 11 is 0. The summed E-state index contributed by atoms with van der Waals surface area (Å²) in [7, 11) is 0. The average molecular weight is 405 g/mol. The summed E-state index contributed by atoms with van der Waals surface area (Å²) in [5.41, 5.74) is 3.07. The van der Waals surface area contributed by atoms with E-state index in [0.29, 0.717) is 5.92 Å². The second-order valence-corrected chi connectivity index (χ2v) is 7.65. The van der Waals surface area contributed by atoms with Crippen molar-refractivity contribution in [3.05, 3.63) is 64.0 Å². The number of ether oxygens (including phenoxy) is 1. The lowest BCUT2D eigenvalue weighted by atomic mass is 10.1. The quantitative estimate of drug-likeness (QED) is 0.318. The number of esters is 1. The van der Waals surface area contributed by atoms with Gasteiger partial charge in [0.2, 0.25) is 0 Å². The maximum absolute atomic E-state index is 12.4. The van der Waals surface area contributed by atoms with Crippen LogP contribution in [0.2, 0.25) is 0 Å². The van der Waals surface area contributed by atoms with Gasteiger partial charge in [-0.15, -0.1) is 0 Å². The van der Waals surface area contributed by atoms with Crippen LogP contribution in [0.25, 0.3) is 6.08 Å². The van der Waals surface area contributed by atoms with Crippen LogP contribution >= 0.6 is 0 Å². The molecule has 154 valence electrons. The van der Waals surface area contributed by atoms with Gasteiger partial charge in [0.1, 0.15) is 11.6 Å². The van der Waals surface area contributed by atoms with Gasteiger partial charge in [-0.3, -0.25) is 9.59 Å². The minimum absolute atomic E-state index is 0.198. The molecule has 0 bridgehead atoms. The van der Waals surface area contributed by atoms with Gasteiger partial charge < -0.3 is 9.30 Å². The van der Waals surface area contributed by atoms with Crippen molar-refractivity contribution in [1.29, 1.82) is 5.26 Å². The Balaban J connectivity index is 1.75. The normalized spacial score (nSPS) is 13.6. The van der Waals surface area contributed by atoms with Gasteiger partial charge in [-0.25, -0.2) is 9.69 Å². The Morgan fingerprint density at radius 3 is 2.30 bits per heavy atom. The lowest BCUT2D eigenvalue weighted by Gasteiger charge is -2.13. The Bertz CT molecular complexity index is 1070.